The van der Waals surface area contributed by atoms with Crippen molar-refractivity contribution in [3.05, 3.63) is 17.7 Å². The monoisotopic (exact) mass is 295 g/mol. The van der Waals surface area contributed by atoms with Crippen LogP contribution in [0.25, 0.3) is 11.0 Å². The molecule has 0 unspecified atom stereocenters. The summed E-state index contributed by atoms with van der Waals surface area (Å²) in [7, 11) is -1.96. The number of fused-ring (bicyclic) bond motifs is 1. The quantitative estimate of drug-likeness (QED) is 0.869. The predicted molar refractivity (Wildman–Crippen MR) is 76.5 cm³/mol. The van der Waals surface area contributed by atoms with E-state index in [-0.39, 0.29) is 0 Å². The molecule has 1 aliphatic rings. The lowest BCUT2D eigenvalue weighted by molar-refractivity contribution is 0.457. The first kappa shape index (κ1) is 13.3. The van der Waals surface area contributed by atoms with Crippen molar-refractivity contribution < 1.29 is 8.42 Å². The number of aromatic amines is 1. The van der Waals surface area contributed by atoms with E-state index in [0.29, 0.717) is 29.2 Å². The first-order valence-electron chi connectivity index (χ1n) is 6.51. The zero-order chi connectivity index (χ0) is 14.3. The lowest BCUT2D eigenvalue weighted by atomic mass is 10.2. The minimum Gasteiger partial charge on any atom is -0.268 e. The molecule has 1 fully saturated rings. The summed E-state index contributed by atoms with van der Waals surface area (Å²) in [6, 6.07) is 3.63. The number of nitrogens with zero attached hydrogens (tertiary/aromatic N) is 3. The average molecular weight is 295 g/mol. The van der Waals surface area contributed by atoms with E-state index in [1.807, 2.05) is 13.0 Å². The molecule has 0 bridgehead atoms. The molecule has 1 heterocycles. The van der Waals surface area contributed by atoms with Crippen LogP contribution < -0.4 is 4.72 Å². The van der Waals surface area contributed by atoms with Gasteiger partial charge >= 0.3 is 10.2 Å². The number of nitrogens with one attached hydrogen (secondary N) is 2. The SMILES string of the molecule is Cc1ccc2n[nH]nc2c1NS(=O)(=O)N(C)CC1CC1. The van der Waals surface area contributed by atoms with E-state index in [2.05, 4.69) is 20.1 Å². The Morgan fingerprint density at radius 1 is 1.40 bits per heavy atom. The third-order valence-corrected chi connectivity index (χ3v) is 4.98. The molecule has 2 N–H and O–H groups in total. The van der Waals surface area contributed by atoms with Gasteiger partial charge in [0.05, 0.1) is 5.69 Å². The molecule has 108 valence electrons. The van der Waals surface area contributed by atoms with Gasteiger partial charge in [-0.3, -0.25) is 4.72 Å². The smallest absolute Gasteiger partial charge is 0.268 e. The fourth-order valence-electron chi connectivity index (χ4n) is 2.11. The zero-order valence-corrected chi connectivity index (χ0v) is 12.2. The highest BCUT2D eigenvalue weighted by molar-refractivity contribution is 7.90. The van der Waals surface area contributed by atoms with Gasteiger partial charge in [0.2, 0.25) is 0 Å². The van der Waals surface area contributed by atoms with E-state index >= 15 is 0 Å². The van der Waals surface area contributed by atoms with Crippen LogP contribution in [0.5, 0.6) is 0 Å². The van der Waals surface area contributed by atoms with Crippen molar-refractivity contribution in [3.63, 3.8) is 0 Å². The van der Waals surface area contributed by atoms with E-state index in [4.69, 9.17) is 0 Å². The van der Waals surface area contributed by atoms with E-state index < -0.39 is 10.2 Å². The first-order valence-corrected chi connectivity index (χ1v) is 7.95. The third kappa shape index (κ3) is 2.48. The van der Waals surface area contributed by atoms with E-state index in [1.165, 1.54) is 4.31 Å². The Balaban J connectivity index is 1.91. The molecule has 1 aromatic heterocycles. The number of benzene rings is 1. The Kier molecular flexibility index (Phi) is 3.14. The van der Waals surface area contributed by atoms with E-state index in [0.717, 1.165) is 18.4 Å². The van der Waals surface area contributed by atoms with Crippen molar-refractivity contribution in [2.75, 3.05) is 18.3 Å². The number of aryl methyl sites for hydroxylation is 1. The highest BCUT2D eigenvalue weighted by atomic mass is 32.2. The maximum atomic E-state index is 12.3. The summed E-state index contributed by atoms with van der Waals surface area (Å²) in [5, 5.41) is 10.5. The van der Waals surface area contributed by atoms with Crippen LogP contribution in [0.1, 0.15) is 18.4 Å². The Hall–Kier alpha value is -1.67. The second-order valence-electron chi connectivity index (χ2n) is 5.28. The minimum atomic E-state index is -3.56. The van der Waals surface area contributed by atoms with Gasteiger partial charge in [-0.1, -0.05) is 6.07 Å². The molecule has 0 atom stereocenters. The van der Waals surface area contributed by atoms with Gasteiger partial charge in [0, 0.05) is 13.6 Å². The molecular formula is C12H17N5O2S. The molecule has 8 heteroatoms. The summed E-state index contributed by atoms with van der Waals surface area (Å²) in [4.78, 5) is 0. The molecule has 0 saturated heterocycles. The number of rotatable bonds is 5. The topological polar surface area (TPSA) is 91.0 Å². The molecule has 20 heavy (non-hydrogen) atoms. The van der Waals surface area contributed by atoms with Crippen molar-refractivity contribution in [3.8, 4) is 0 Å². The molecule has 0 aliphatic heterocycles. The van der Waals surface area contributed by atoms with Crippen LogP contribution in [-0.2, 0) is 10.2 Å². The van der Waals surface area contributed by atoms with Gasteiger partial charge in [0.15, 0.2) is 0 Å². The van der Waals surface area contributed by atoms with Gasteiger partial charge in [-0.2, -0.15) is 28.1 Å². The zero-order valence-electron chi connectivity index (χ0n) is 11.4. The van der Waals surface area contributed by atoms with E-state index in [1.54, 1.807) is 13.1 Å². The standard InChI is InChI=1S/C12H17N5O2S/c1-8-3-6-10-12(14-16-13-10)11(8)15-20(18,19)17(2)7-9-4-5-9/h3,6,9,15H,4-5,7H2,1-2H3,(H,13,14,16). The number of hydrogen-bond donors (Lipinski definition) is 2. The summed E-state index contributed by atoms with van der Waals surface area (Å²) in [6.45, 7) is 2.40. The highest BCUT2D eigenvalue weighted by Crippen LogP contribution is 2.31. The lowest BCUT2D eigenvalue weighted by Gasteiger charge is -2.19. The van der Waals surface area contributed by atoms with Crippen molar-refractivity contribution in [2.24, 2.45) is 5.92 Å². The number of aromatic nitrogens is 3. The summed E-state index contributed by atoms with van der Waals surface area (Å²) in [6.07, 6.45) is 2.22. The van der Waals surface area contributed by atoms with Gasteiger partial charge in [-0.25, -0.2) is 0 Å². The van der Waals surface area contributed by atoms with E-state index in [9.17, 15) is 8.42 Å². The predicted octanol–water partition coefficient (Wildman–Crippen LogP) is 1.26. The lowest BCUT2D eigenvalue weighted by Crippen LogP contribution is -2.34. The fraction of sp³-hybridized carbons (Fsp3) is 0.500. The Morgan fingerprint density at radius 2 is 2.15 bits per heavy atom. The summed E-state index contributed by atoms with van der Waals surface area (Å²) >= 11 is 0. The molecule has 1 aliphatic carbocycles. The normalized spacial score (nSPS) is 15.9. The largest absolute Gasteiger partial charge is 0.301 e. The molecule has 0 amide bonds. The Labute approximate surface area is 117 Å². The second kappa shape index (κ2) is 4.71. The maximum absolute atomic E-state index is 12.3. The summed E-state index contributed by atoms with van der Waals surface area (Å²) in [5.74, 6) is 0.500. The maximum Gasteiger partial charge on any atom is 0.301 e. The molecule has 2 aromatic rings. The molecule has 3 rings (SSSR count). The summed E-state index contributed by atoms with van der Waals surface area (Å²) in [5.41, 5.74) is 2.47. The first-order chi connectivity index (χ1) is 9.47. The van der Waals surface area contributed by atoms with Crippen LogP contribution in [-0.4, -0.2) is 41.7 Å². The minimum absolute atomic E-state index is 0.485. The van der Waals surface area contributed by atoms with Gasteiger partial charge in [0.25, 0.3) is 0 Å². The number of hydrogen-bond acceptors (Lipinski definition) is 4. The second-order valence-corrected chi connectivity index (χ2v) is 7.06. The molecule has 0 radical (unpaired) electrons. The summed E-state index contributed by atoms with van der Waals surface area (Å²) < 4.78 is 28.7. The van der Waals surface area contributed by atoms with Crippen LogP contribution in [0.15, 0.2) is 12.1 Å². The van der Waals surface area contributed by atoms with Crippen LogP contribution in [0.4, 0.5) is 5.69 Å². The molecule has 7 nitrogen and oxygen atoms in total. The Morgan fingerprint density at radius 3 is 2.85 bits per heavy atom. The van der Waals surface area contributed by atoms with Crippen molar-refractivity contribution in [1.29, 1.82) is 0 Å². The van der Waals surface area contributed by atoms with Crippen LogP contribution in [0.3, 0.4) is 0 Å². The van der Waals surface area contributed by atoms with Gasteiger partial charge in [0.1, 0.15) is 11.0 Å². The van der Waals surface area contributed by atoms with Crippen LogP contribution in [0.2, 0.25) is 0 Å². The average Bonchev–Trinajstić information content (AvgIpc) is 3.07. The highest BCUT2D eigenvalue weighted by Gasteiger charge is 2.28. The van der Waals surface area contributed by atoms with Crippen LogP contribution in [0, 0.1) is 12.8 Å². The fourth-order valence-corrected chi connectivity index (χ4v) is 3.19. The molecule has 0 spiro atoms. The van der Waals surface area contributed by atoms with Gasteiger partial charge in [-0.15, -0.1) is 0 Å². The molecular weight excluding hydrogens is 278 g/mol. The van der Waals surface area contributed by atoms with Crippen molar-refractivity contribution >= 4 is 26.9 Å². The molecule has 1 aromatic carbocycles. The third-order valence-electron chi connectivity index (χ3n) is 3.55. The van der Waals surface area contributed by atoms with Crippen molar-refractivity contribution in [1.82, 2.24) is 19.7 Å². The Bertz CT molecular complexity index is 735. The van der Waals surface area contributed by atoms with Gasteiger partial charge < -0.3 is 0 Å². The molecule has 1 saturated carbocycles. The van der Waals surface area contributed by atoms with Crippen molar-refractivity contribution in [2.45, 2.75) is 19.8 Å². The number of anilines is 1. The van der Waals surface area contributed by atoms with Crippen LogP contribution >= 0.6 is 0 Å². The number of H-pyrrole nitrogens is 1. The van der Waals surface area contributed by atoms with Gasteiger partial charge in [-0.05, 0) is 37.3 Å².